The van der Waals surface area contributed by atoms with Gasteiger partial charge in [0.2, 0.25) is 5.91 Å². The number of amides is 1. The van der Waals surface area contributed by atoms with E-state index in [9.17, 15) is 31.1 Å². The number of piperazine rings is 1. The van der Waals surface area contributed by atoms with Gasteiger partial charge < -0.3 is 15.0 Å². The van der Waals surface area contributed by atoms with Crippen LogP contribution < -0.4 is 10.2 Å². The fraction of sp³-hybridized carbons (Fsp3) is 0.708. The molecule has 1 aromatic carbocycles. The van der Waals surface area contributed by atoms with E-state index in [-0.39, 0.29) is 30.3 Å². The lowest BCUT2D eigenvalue weighted by molar-refractivity contribution is -0.143. The topological polar surface area (TPSA) is 44.8 Å². The summed E-state index contributed by atoms with van der Waals surface area (Å²) in [5.41, 5.74) is -2.61. The largest absolute Gasteiger partial charge is 0.416 e. The summed E-state index contributed by atoms with van der Waals surface area (Å²) in [6.45, 7) is 5.18. The highest BCUT2D eigenvalue weighted by Crippen LogP contribution is 2.38. The highest BCUT2D eigenvalue weighted by molar-refractivity contribution is 5.77. The third-order valence-electron chi connectivity index (χ3n) is 6.81. The summed E-state index contributed by atoms with van der Waals surface area (Å²) in [4.78, 5) is 15.6. The molecule has 1 aromatic rings. The van der Waals surface area contributed by atoms with Crippen molar-refractivity contribution < 1.29 is 35.9 Å². The third-order valence-corrected chi connectivity index (χ3v) is 6.81. The molecule has 1 aliphatic heterocycles. The van der Waals surface area contributed by atoms with Crippen molar-refractivity contribution in [3.63, 3.8) is 0 Å². The number of nitrogens with zero attached hydrogens (tertiary/aromatic N) is 2. The van der Waals surface area contributed by atoms with Crippen LogP contribution in [0.1, 0.15) is 50.2 Å². The SMILES string of the molecule is CCOCC(=O)N[C@H]1CC[C@H](CCN2CCN(c3cc(C(F)(F)F)cc(C(F)(F)F)c3)CC2)CC1. The van der Waals surface area contributed by atoms with Crippen LogP contribution in [0.4, 0.5) is 32.0 Å². The first kappa shape index (κ1) is 27.6. The van der Waals surface area contributed by atoms with E-state index >= 15 is 0 Å². The Morgan fingerprint density at radius 3 is 2.03 bits per heavy atom. The normalized spacial score (nSPS) is 22.3. The molecule has 0 aromatic heterocycles. The van der Waals surface area contributed by atoms with Crippen LogP contribution in [0.25, 0.3) is 0 Å². The maximum Gasteiger partial charge on any atom is 0.416 e. The van der Waals surface area contributed by atoms with E-state index in [2.05, 4.69) is 10.2 Å². The molecule has 0 spiro atoms. The zero-order chi connectivity index (χ0) is 25.6. The van der Waals surface area contributed by atoms with E-state index in [4.69, 9.17) is 4.74 Å². The van der Waals surface area contributed by atoms with Gasteiger partial charge in [0.1, 0.15) is 6.61 Å². The van der Waals surface area contributed by atoms with E-state index < -0.39 is 23.5 Å². The van der Waals surface area contributed by atoms with Crippen LogP contribution in [0.5, 0.6) is 0 Å². The lowest BCUT2D eigenvalue weighted by atomic mass is 9.84. The van der Waals surface area contributed by atoms with Crippen LogP contribution in [0.2, 0.25) is 0 Å². The minimum Gasteiger partial charge on any atom is -0.372 e. The van der Waals surface area contributed by atoms with Gasteiger partial charge in [0.05, 0.1) is 11.1 Å². The van der Waals surface area contributed by atoms with Crippen molar-refractivity contribution in [1.82, 2.24) is 10.2 Å². The Hall–Kier alpha value is -2.01. The predicted molar refractivity (Wildman–Crippen MR) is 120 cm³/mol. The van der Waals surface area contributed by atoms with Gasteiger partial charge in [-0.3, -0.25) is 9.69 Å². The highest BCUT2D eigenvalue weighted by Gasteiger charge is 2.37. The molecule has 1 saturated heterocycles. The molecule has 0 atom stereocenters. The van der Waals surface area contributed by atoms with Gasteiger partial charge in [-0.2, -0.15) is 26.3 Å². The van der Waals surface area contributed by atoms with Crippen LogP contribution in [0.15, 0.2) is 18.2 Å². The number of carbonyl (C=O) groups excluding carboxylic acids is 1. The molecule has 1 aliphatic carbocycles. The van der Waals surface area contributed by atoms with Gasteiger partial charge in [-0.25, -0.2) is 0 Å². The molecule has 1 saturated carbocycles. The Morgan fingerprint density at radius 2 is 1.51 bits per heavy atom. The molecule has 0 bridgehead atoms. The van der Waals surface area contributed by atoms with Gasteiger partial charge in [0.15, 0.2) is 0 Å². The summed E-state index contributed by atoms with van der Waals surface area (Å²) >= 11 is 0. The molecule has 198 valence electrons. The lowest BCUT2D eigenvalue weighted by Gasteiger charge is -2.37. The van der Waals surface area contributed by atoms with Crippen LogP contribution in [0.3, 0.4) is 0 Å². The molecule has 1 heterocycles. The van der Waals surface area contributed by atoms with Crippen molar-refractivity contribution in [2.45, 2.75) is 57.4 Å². The first-order valence-electron chi connectivity index (χ1n) is 12.1. The molecule has 2 fully saturated rings. The fourth-order valence-corrected chi connectivity index (χ4v) is 4.78. The van der Waals surface area contributed by atoms with Gasteiger partial charge in [0.25, 0.3) is 0 Å². The molecule has 2 aliphatic rings. The van der Waals surface area contributed by atoms with E-state index in [0.717, 1.165) is 50.8 Å². The Kier molecular flexibility index (Phi) is 9.31. The highest BCUT2D eigenvalue weighted by atomic mass is 19.4. The Bertz CT molecular complexity index is 797. The summed E-state index contributed by atoms with van der Waals surface area (Å²) < 4.78 is 84.1. The Labute approximate surface area is 201 Å². The smallest absolute Gasteiger partial charge is 0.372 e. The Balaban J connectivity index is 1.45. The number of anilines is 1. The third kappa shape index (κ3) is 8.27. The lowest BCUT2D eigenvalue weighted by Crippen LogP contribution is -2.47. The summed E-state index contributed by atoms with van der Waals surface area (Å²) in [5, 5.41) is 3.01. The van der Waals surface area contributed by atoms with Gasteiger partial charge in [-0.05, 0) is 69.7 Å². The minimum absolute atomic E-state index is 0.0449. The number of ether oxygens (including phenoxy) is 1. The quantitative estimate of drug-likeness (QED) is 0.504. The molecule has 0 radical (unpaired) electrons. The number of halogens is 6. The number of rotatable bonds is 8. The molecule has 35 heavy (non-hydrogen) atoms. The second-order valence-corrected chi connectivity index (χ2v) is 9.30. The van der Waals surface area contributed by atoms with E-state index in [1.165, 1.54) is 0 Å². The molecule has 5 nitrogen and oxygen atoms in total. The summed E-state index contributed by atoms with van der Waals surface area (Å²) in [7, 11) is 0. The van der Waals surface area contributed by atoms with E-state index in [1.807, 2.05) is 6.92 Å². The van der Waals surface area contributed by atoms with Crippen molar-refractivity contribution in [3.05, 3.63) is 29.3 Å². The summed E-state index contributed by atoms with van der Waals surface area (Å²) in [6, 6.07) is 1.95. The molecule has 11 heteroatoms. The number of carbonyl (C=O) groups is 1. The zero-order valence-electron chi connectivity index (χ0n) is 19.9. The second kappa shape index (κ2) is 11.8. The summed E-state index contributed by atoms with van der Waals surface area (Å²) in [5.74, 6) is 0.460. The standard InChI is InChI=1S/C24H33F6N3O2/c1-2-35-16-22(34)31-20-5-3-17(4-6-20)7-8-32-9-11-33(12-10-32)21-14-18(23(25,26)27)13-19(15-21)24(28,29)30/h13-15,17,20H,2-12,16H2,1H3,(H,31,34)/t17-,20-. The van der Waals surface area contributed by atoms with Gasteiger partial charge in [-0.15, -0.1) is 0 Å². The van der Waals surface area contributed by atoms with Crippen molar-refractivity contribution in [3.8, 4) is 0 Å². The first-order valence-corrected chi connectivity index (χ1v) is 12.1. The number of hydrogen-bond acceptors (Lipinski definition) is 4. The summed E-state index contributed by atoms with van der Waals surface area (Å²) in [6.07, 6.45) is -4.82. The second-order valence-electron chi connectivity index (χ2n) is 9.30. The first-order chi connectivity index (χ1) is 16.5. The van der Waals surface area contributed by atoms with Crippen LogP contribution in [0, 0.1) is 5.92 Å². The van der Waals surface area contributed by atoms with Crippen molar-refractivity contribution in [2.24, 2.45) is 5.92 Å². The number of alkyl halides is 6. The van der Waals surface area contributed by atoms with Crippen molar-refractivity contribution >= 4 is 11.6 Å². The van der Waals surface area contributed by atoms with Crippen molar-refractivity contribution in [1.29, 1.82) is 0 Å². The Morgan fingerprint density at radius 1 is 0.943 bits per heavy atom. The van der Waals surface area contributed by atoms with Crippen LogP contribution >= 0.6 is 0 Å². The van der Waals surface area contributed by atoms with E-state index in [0.29, 0.717) is 38.7 Å². The average Bonchev–Trinajstić information content (AvgIpc) is 2.81. The number of nitrogens with one attached hydrogen (secondary N) is 1. The van der Waals surface area contributed by atoms with E-state index in [1.54, 1.807) is 4.90 Å². The zero-order valence-corrected chi connectivity index (χ0v) is 19.9. The van der Waals surface area contributed by atoms with Gasteiger partial charge in [0, 0.05) is 44.5 Å². The molecule has 1 amide bonds. The fourth-order valence-electron chi connectivity index (χ4n) is 4.78. The molecular weight excluding hydrogens is 476 g/mol. The predicted octanol–water partition coefficient (Wildman–Crippen LogP) is 4.95. The van der Waals surface area contributed by atoms with Gasteiger partial charge >= 0.3 is 12.4 Å². The van der Waals surface area contributed by atoms with Crippen LogP contribution in [-0.2, 0) is 21.9 Å². The van der Waals surface area contributed by atoms with Gasteiger partial charge in [-0.1, -0.05) is 0 Å². The molecule has 0 unspecified atom stereocenters. The van der Waals surface area contributed by atoms with Crippen LogP contribution in [-0.4, -0.2) is 62.8 Å². The maximum absolute atomic E-state index is 13.2. The minimum atomic E-state index is -4.84. The molecule has 1 N–H and O–H groups in total. The maximum atomic E-state index is 13.2. The monoisotopic (exact) mass is 509 g/mol. The van der Waals surface area contributed by atoms with Crippen molar-refractivity contribution in [2.75, 3.05) is 50.8 Å². The number of benzene rings is 1. The average molecular weight is 510 g/mol. The molecule has 3 rings (SSSR count). The molecular formula is C24H33F6N3O2. The number of hydrogen-bond donors (Lipinski definition) is 1.